The molecule has 0 saturated carbocycles. The van der Waals surface area contributed by atoms with Gasteiger partial charge in [0.05, 0.1) is 6.42 Å². The highest BCUT2D eigenvalue weighted by Gasteiger charge is 2.25. The minimum Gasteiger partial charge on any atom is -0.355 e. The lowest BCUT2D eigenvalue weighted by Crippen LogP contribution is -2.48. The van der Waals surface area contributed by atoms with Crippen LogP contribution in [0.25, 0.3) is 0 Å². The minimum absolute atomic E-state index is 0.0439. The van der Waals surface area contributed by atoms with Crippen LogP contribution in [0.2, 0.25) is 0 Å². The molecule has 0 aliphatic carbocycles. The number of nitrogens with zero attached hydrogens (tertiary/aromatic N) is 1. The van der Waals surface area contributed by atoms with Crippen molar-refractivity contribution in [3.63, 3.8) is 0 Å². The number of likely N-dealkylation sites (N-methyl/N-ethyl adjacent to an activating group) is 1. The molecule has 0 spiro atoms. The van der Waals surface area contributed by atoms with E-state index in [4.69, 9.17) is 0 Å². The molecular weight excluding hydrogens is 336 g/mol. The Balaban J connectivity index is 2.23. The zero-order valence-electron chi connectivity index (χ0n) is 17.0. The number of carbonyl (C=O) groups is 2. The van der Waals surface area contributed by atoms with Crippen LogP contribution in [0.4, 0.5) is 0 Å². The summed E-state index contributed by atoms with van der Waals surface area (Å²) in [6, 6.07) is 13.6. The smallest absolute Gasteiger partial charge is 0.242 e. The van der Waals surface area contributed by atoms with Crippen LogP contribution in [0.5, 0.6) is 0 Å². The predicted octanol–water partition coefficient (Wildman–Crippen LogP) is 3.71. The Bertz CT molecular complexity index is 797. The number of rotatable bonds is 7. The predicted molar refractivity (Wildman–Crippen MR) is 109 cm³/mol. The fourth-order valence-corrected chi connectivity index (χ4v) is 2.98. The van der Waals surface area contributed by atoms with Crippen LogP contribution in [0.3, 0.4) is 0 Å². The summed E-state index contributed by atoms with van der Waals surface area (Å²) >= 11 is 0. The third kappa shape index (κ3) is 5.68. The van der Waals surface area contributed by atoms with Gasteiger partial charge in [0, 0.05) is 13.1 Å². The molecule has 2 amide bonds. The van der Waals surface area contributed by atoms with Crippen LogP contribution in [-0.2, 0) is 22.6 Å². The molecule has 2 aromatic rings. The highest BCUT2D eigenvalue weighted by Crippen LogP contribution is 2.15. The molecule has 4 heteroatoms. The first-order chi connectivity index (χ1) is 12.8. The fourth-order valence-electron chi connectivity index (χ4n) is 2.98. The van der Waals surface area contributed by atoms with Gasteiger partial charge in [0.2, 0.25) is 11.8 Å². The number of hydrogen-bond donors (Lipinski definition) is 1. The van der Waals surface area contributed by atoms with Crippen molar-refractivity contribution in [2.45, 2.75) is 53.6 Å². The standard InChI is InChI=1S/C23H30N2O2/c1-6-24-23(27)19(5)25(15-20-10-7-16(2)8-11-20)22(26)14-21-12-9-17(3)18(4)13-21/h7-13,19H,6,14-15H2,1-5H3,(H,24,27)/t19-/m1/s1. The highest BCUT2D eigenvalue weighted by molar-refractivity contribution is 5.88. The second-order valence-electron chi connectivity index (χ2n) is 7.17. The second kappa shape index (κ2) is 9.36. The lowest BCUT2D eigenvalue weighted by Gasteiger charge is -2.29. The Hall–Kier alpha value is -2.62. The van der Waals surface area contributed by atoms with Crippen molar-refractivity contribution in [1.29, 1.82) is 0 Å². The number of carbonyl (C=O) groups excluding carboxylic acids is 2. The third-order valence-electron chi connectivity index (χ3n) is 4.92. The number of amides is 2. The van der Waals surface area contributed by atoms with Crippen LogP contribution in [-0.4, -0.2) is 29.3 Å². The average Bonchev–Trinajstić information content (AvgIpc) is 2.64. The summed E-state index contributed by atoms with van der Waals surface area (Å²) in [5.41, 5.74) is 5.54. The molecule has 2 rings (SSSR count). The molecule has 27 heavy (non-hydrogen) atoms. The van der Waals surface area contributed by atoms with Crippen LogP contribution >= 0.6 is 0 Å². The van der Waals surface area contributed by atoms with Crippen molar-refractivity contribution in [2.75, 3.05) is 6.54 Å². The maximum absolute atomic E-state index is 13.1. The van der Waals surface area contributed by atoms with Crippen LogP contribution in [0.1, 0.15) is 41.7 Å². The van der Waals surface area contributed by atoms with E-state index < -0.39 is 6.04 Å². The molecule has 0 heterocycles. The van der Waals surface area contributed by atoms with Gasteiger partial charge in [-0.05, 0) is 56.9 Å². The highest BCUT2D eigenvalue weighted by atomic mass is 16.2. The first kappa shape index (κ1) is 20.7. The first-order valence-electron chi connectivity index (χ1n) is 9.50. The van der Waals surface area contributed by atoms with Gasteiger partial charge in [-0.1, -0.05) is 48.0 Å². The van der Waals surface area contributed by atoms with Gasteiger partial charge in [-0.2, -0.15) is 0 Å². The molecule has 0 saturated heterocycles. The molecule has 0 aliphatic heterocycles. The van der Waals surface area contributed by atoms with Gasteiger partial charge in [0.25, 0.3) is 0 Å². The van der Waals surface area contributed by atoms with Crippen molar-refractivity contribution in [3.8, 4) is 0 Å². The third-order valence-corrected chi connectivity index (χ3v) is 4.92. The number of nitrogens with one attached hydrogen (secondary N) is 1. The van der Waals surface area contributed by atoms with E-state index in [1.54, 1.807) is 11.8 Å². The molecule has 1 atom stereocenters. The first-order valence-corrected chi connectivity index (χ1v) is 9.50. The maximum Gasteiger partial charge on any atom is 0.242 e. The molecule has 0 aliphatic rings. The van der Waals surface area contributed by atoms with E-state index in [1.807, 2.05) is 63.2 Å². The molecule has 144 valence electrons. The van der Waals surface area contributed by atoms with Crippen LogP contribution in [0, 0.1) is 20.8 Å². The molecule has 0 unspecified atom stereocenters. The van der Waals surface area contributed by atoms with Crippen LogP contribution < -0.4 is 5.32 Å². The van der Waals surface area contributed by atoms with Gasteiger partial charge >= 0.3 is 0 Å². The van der Waals surface area contributed by atoms with Gasteiger partial charge in [-0.3, -0.25) is 9.59 Å². The summed E-state index contributed by atoms with van der Waals surface area (Å²) in [4.78, 5) is 27.1. The van der Waals surface area contributed by atoms with E-state index in [-0.39, 0.29) is 18.2 Å². The molecule has 0 aromatic heterocycles. The quantitative estimate of drug-likeness (QED) is 0.812. The second-order valence-corrected chi connectivity index (χ2v) is 7.17. The van der Waals surface area contributed by atoms with Crippen molar-refractivity contribution in [2.24, 2.45) is 0 Å². The fraction of sp³-hybridized carbons (Fsp3) is 0.391. The normalized spacial score (nSPS) is 11.7. The van der Waals surface area contributed by atoms with E-state index >= 15 is 0 Å². The van der Waals surface area contributed by atoms with E-state index in [0.717, 1.165) is 11.1 Å². The van der Waals surface area contributed by atoms with Crippen LogP contribution in [0.15, 0.2) is 42.5 Å². The molecule has 0 fully saturated rings. The van der Waals surface area contributed by atoms with Gasteiger partial charge < -0.3 is 10.2 Å². The largest absolute Gasteiger partial charge is 0.355 e. The summed E-state index contributed by atoms with van der Waals surface area (Å²) in [5, 5.41) is 2.82. The zero-order valence-corrected chi connectivity index (χ0v) is 17.0. The number of benzene rings is 2. The summed E-state index contributed by atoms with van der Waals surface area (Å²) < 4.78 is 0. The van der Waals surface area contributed by atoms with E-state index in [9.17, 15) is 9.59 Å². The maximum atomic E-state index is 13.1. The Morgan fingerprint density at radius 2 is 1.59 bits per heavy atom. The van der Waals surface area contributed by atoms with Gasteiger partial charge in [0.1, 0.15) is 6.04 Å². The van der Waals surface area contributed by atoms with E-state index in [1.165, 1.54) is 16.7 Å². The lowest BCUT2D eigenvalue weighted by atomic mass is 10.0. The molecule has 2 aromatic carbocycles. The van der Waals surface area contributed by atoms with Crippen molar-refractivity contribution >= 4 is 11.8 Å². The number of aryl methyl sites for hydroxylation is 3. The Kier molecular flexibility index (Phi) is 7.17. The Labute approximate surface area is 162 Å². The van der Waals surface area contributed by atoms with Crippen molar-refractivity contribution in [3.05, 3.63) is 70.3 Å². The SMILES string of the molecule is CCNC(=O)[C@@H](C)N(Cc1ccc(C)cc1)C(=O)Cc1ccc(C)c(C)c1. The van der Waals surface area contributed by atoms with E-state index in [0.29, 0.717) is 13.1 Å². The topological polar surface area (TPSA) is 49.4 Å². The Morgan fingerprint density at radius 1 is 0.963 bits per heavy atom. The van der Waals surface area contributed by atoms with Crippen molar-refractivity contribution in [1.82, 2.24) is 10.2 Å². The summed E-state index contributed by atoms with van der Waals surface area (Å²) in [6.07, 6.45) is 0.288. The van der Waals surface area contributed by atoms with Gasteiger partial charge in [0.15, 0.2) is 0 Å². The van der Waals surface area contributed by atoms with Gasteiger partial charge in [-0.15, -0.1) is 0 Å². The van der Waals surface area contributed by atoms with Crippen molar-refractivity contribution < 1.29 is 9.59 Å². The Morgan fingerprint density at radius 3 is 2.19 bits per heavy atom. The summed E-state index contributed by atoms with van der Waals surface area (Å²) in [7, 11) is 0. The zero-order chi connectivity index (χ0) is 20.0. The lowest BCUT2D eigenvalue weighted by molar-refractivity contribution is -0.140. The monoisotopic (exact) mass is 366 g/mol. The molecule has 0 bridgehead atoms. The number of hydrogen-bond acceptors (Lipinski definition) is 2. The van der Waals surface area contributed by atoms with E-state index in [2.05, 4.69) is 12.2 Å². The summed E-state index contributed by atoms with van der Waals surface area (Å²) in [6.45, 7) is 10.8. The average molecular weight is 367 g/mol. The minimum atomic E-state index is -0.523. The van der Waals surface area contributed by atoms with Gasteiger partial charge in [-0.25, -0.2) is 0 Å². The summed E-state index contributed by atoms with van der Waals surface area (Å²) in [5.74, 6) is -0.171. The molecule has 0 radical (unpaired) electrons. The molecule has 1 N–H and O–H groups in total. The molecular formula is C23H30N2O2. The molecule has 4 nitrogen and oxygen atoms in total.